The van der Waals surface area contributed by atoms with Gasteiger partial charge in [0.05, 0.1) is 12.3 Å². The summed E-state index contributed by atoms with van der Waals surface area (Å²) in [6.07, 6.45) is 3.85. The average molecular weight is 298 g/mol. The van der Waals surface area contributed by atoms with Gasteiger partial charge in [0.1, 0.15) is 0 Å². The Morgan fingerprint density at radius 1 is 1.19 bits per heavy atom. The Kier molecular flexibility index (Phi) is 5.38. The summed E-state index contributed by atoms with van der Waals surface area (Å²) in [6, 6.07) is 13.5. The molecule has 0 bridgehead atoms. The first-order chi connectivity index (χ1) is 10.1. The van der Waals surface area contributed by atoms with E-state index in [4.69, 9.17) is 5.26 Å². The molecule has 2 atom stereocenters. The summed E-state index contributed by atoms with van der Waals surface area (Å²) in [4.78, 5) is 5.66. The molecule has 3 nitrogen and oxygen atoms in total. The van der Waals surface area contributed by atoms with E-state index >= 15 is 0 Å². The molecule has 0 aliphatic heterocycles. The molecule has 0 amide bonds. The van der Waals surface area contributed by atoms with Crippen molar-refractivity contribution in [1.82, 2.24) is 4.98 Å². The number of pyridine rings is 1. The normalized spacial score (nSPS) is 13.7. The minimum atomic E-state index is -1.24. The second-order valence-electron chi connectivity index (χ2n) is 5.25. The van der Waals surface area contributed by atoms with E-state index in [1.54, 1.807) is 12.4 Å². The predicted octanol–water partition coefficient (Wildman–Crippen LogP) is 3.90. The van der Waals surface area contributed by atoms with Crippen LogP contribution in [-0.4, -0.2) is 9.54 Å². The molecule has 4 heteroatoms. The van der Waals surface area contributed by atoms with Crippen LogP contribution in [0.4, 0.5) is 0 Å². The minimum absolute atomic E-state index is 0.121. The zero-order valence-corrected chi connectivity index (χ0v) is 13.0. The number of rotatable bonds is 5. The van der Waals surface area contributed by atoms with Gasteiger partial charge in [-0.25, -0.2) is 0 Å². The Morgan fingerprint density at radius 3 is 2.52 bits per heavy atom. The minimum Gasteiger partial charge on any atom is -0.606 e. The average Bonchev–Trinajstić information content (AvgIpc) is 2.52. The summed E-state index contributed by atoms with van der Waals surface area (Å²) >= 11 is -1.24. The molecule has 21 heavy (non-hydrogen) atoms. The SMILES string of the molecule is CC(C)C(CC#N)c1cncc([S+]([O-])c2ccccc2)c1. The van der Waals surface area contributed by atoms with Crippen LogP contribution in [0.15, 0.2) is 58.6 Å². The van der Waals surface area contributed by atoms with Gasteiger partial charge >= 0.3 is 0 Å². The first-order valence-corrected chi connectivity index (χ1v) is 8.07. The van der Waals surface area contributed by atoms with Gasteiger partial charge in [-0.3, -0.25) is 4.98 Å². The fourth-order valence-corrected chi connectivity index (χ4v) is 3.33. The lowest BCUT2D eigenvalue weighted by molar-refractivity contribution is 0.503. The first-order valence-electron chi connectivity index (χ1n) is 6.92. The van der Waals surface area contributed by atoms with Gasteiger partial charge in [-0.2, -0.15) is 5.26 Å². The van der Waals surface area contributed by atoms with E-state index in [1.807, 2.05) is 36.4 Å². The van der Waals surface area contributed by atoms with Gasteiger partial charge < -0.3 is 4.55 Å². The topological polar surface area (TPSA) is 59.7 Å². The van der Waals surface area contributed by atoms with Crippen molar-refractivity contribution in [2.45, 2.75) is 36.0 Å². The molecular formula is C17H18N2OS. The van der Waals surface area contributed by atoms with E-state index in [9.17, 15) is 4.55 Å². The van der Waals surface area contributed by atoms with Gasteiger partial charge in [0.25, 0.3) is 0 Å². The molecule has 0 fully saturated rings. The summed E-state index contributed by atoms with van der Waals surface area (Å²) in [7, 11) is 0. The van der Waals surface area contributed by atoms with Crippen LogP contribution in [0.25, 0.3) is 0 Å². The van der Waals surface area contributed by atoms with Crippen molar-refractivity contribution in [3.05, 3.63) is 54.4 Å². The molecular weight excluding hydrogens is 280 g/mol. The van der Waals surface area contributed by atoms with Crippen LogP contribution in [-0.2, 0) is 11.2 Å². The maximum Gasteiger partial charge on any atom is 0.177 e. The van der Waals surface area contributed by atoms with E-state index in [2.05, 4.69) is 24.9 Å². The monoisotopic (exact) mass is 298 g/mol. The van der Waals surface area contributed by atoms with Crippen molar-refractivity contribution in [2.24, 2.45) is 5.92 Å². The van der Waals surface area contributed by atoms with Crippen LogP contribution in [0, 0.1) is 17.2 Å². The lowest BCUT2D eigenvalue weighted by atomic mass is 9.87. The molecule has 2 aromatic rings. The van der Waals surface area contributed by atoms with Crippen molar-refractivity contribution in [1.29, 1.82) is 5.26 Å². The summed E-state index contributed by atoms with van der Waals surface area (Å²) in [5.74, 6) is 0.460. The summed E-state index contributed by atoms with van der Waals surface area (Å²) in [5.41, 5.74) is 0.980. The van der Waals surface area contributed by atoms with E-state index in [1.165, 1.54) is 0 Å². The summed E-state index contributed by atoms with van der Waals surface area (Å²) in [5, 5.41) is 8.97. The highest BCUT2D eigenvalue weighted by Crippen LogP contribution is 2.29. The maximum absolute atomic E-state index is 12.6. The summed E-state index contributed by atoms with van der Waals surface area (Å²) in [6.45, 7) is 4.17. The van der Waals surface area contributed by atoms with Crippen LogP contribution in [0.2, 0.25) is 0 Å². The van der Waals surface area contributed by atoms with Crippen LogP contribution >= 0.6 is 0 Å². The highest BCUT2D eigenvalue weighted by molar-refractivity contribution is 7.91. The first kappa shape index (κ1) is 15.6. The Bertz CT molecular complexity index is 622. The molecule has 2 unspecified atom stereocenters. The van der Waals surface area contributed by atoms with E-state index < -0.39 is 11.2 Å². The predicted molar refractivity (Wildman–Crippen MR) is 83.2 cm³/mol. The fourth-order valence-electron chi connectivity index (χ4n) is 2.26. The van der Waals surface area contributed by atoms with Crippen molar-refractivity contribution in [3.8, 4) is 6.07 Å². The number of hydrogen-bond donors (Lipinski definition) is 0. The van der Waals surface area contributed by atoms with Gasteiger partial charge in [0.15, 0.2) is 9.79 Å². The maximum atomic E-state index is 12.6. The molecule has 1 aromatic heterocycles. The molecule has 0 aliphatic carbocycles. The molecule has 2 rings (SSSR count). The molecule has 0 saturated carbocycles. The molecule has 0 spiro atoms. The van der Waals surface area contributed by atoms with Gasteiger partial charge in [0.2, 0.25) is 0 Å². The zero-order valence-electron chi connectivity index (χ0n) is 12.2. The Morgan fingerprint density at radius 2 is 1.90 bits per heavy atom. The third-order valence-corrected chi connectivity index (χ3v) is 4.80. The molecule has 1 heterocycles. The van der Waals surface area contributed by atoms with Gasteiger partial charge in [-0.1, -0.05) is 32.0 Å². The van der Waals surface area contributed by atoms with Crippen molar-refractivity contribution in [2.75, 3.05) is 0 Å². The quantitative estimate of drug-likeness (QED) is 0.786. The smallest absolute Gasteiger partial charge is 0.177 e. The third kappa shape index (κ3) is 3.84. The second kappa shape index (κ2) is 7.26. The van der Waals surface area contributed by atoms with E-state index in [0.29, 0.717) is 17.2 Å². The molecule has 0 N–H and O–H groups in total. The molecule has 108 valence electrons. The number of nitrogens with zero attached hydrogens (tertiary/aromatic N) is 2. The van der Waals surface area contributed by atoms with Gasteiger partial charge in [0, 0.05) is 35.8 Å². The number of benzene rings is 1. The summed E-state index contributed by atoms with van der Waals surface area (Å²) < 4.78 is 12.6. The Balaban J connectivity index is 2.31. The molecule has 0 radical (unpaired) electrons. The second-order valence-corrected chi connectivity index (χ2v) is 6.73. The molecule has 0 aliphatic rings. The van der Waals surface area contributed by atoms with E-state index in [0.717, 1.165) is 10.5 Å². The lowest BCUT2D eigenvalue weighted by Gasteiger charge is -2.18. The number of aromatic nitrogens is 1. The largest absolute Gasteiger partial charge is 0.606 e. The van der Waals surface area contributed by atoms with Crippen LogP contribution in [0.5, 0.6) is 0 Å². The van der Waals surface area contributed by atoms with Crippen molar-refractivity contribution < 1.29 is 4.55 Å². The van der Waals surface area contributed by atoms with Gasteiger partial charge in [-0.15, -0.1) is 0 Å². The molecule has 1 aromatic carbocycles. The highest BCUT2D eigenvalue weighted by Gasteiger charge is 2.20. The van der Waals surface area contributed by atoms with Crippen molar-refractivity contribution in [3.63, 3.8) is 0 Å². The molecule has 0 saturated heterocycles. The highest BCUT2D eigenvalue weighted by atomic mass is 32.2. The standard InChI is InChI=1S/C17H18N2OS/c1-13(2)17(8-9-18)14-10-16(12-19-11-14)21(20)15-6-4-3-5-7-15/h3-7,10-13,17H,8H2,1-2H3. The zero-order chi connectivity index (χ0) is 15.2. The fraction of sp³-hybridized carbons (Fsp3) is 0.294. The third-order valence-electron chi connectivity index (χ3n) is 3.45. The van der Waals surface area contributed by atoms with Crippen molar-refractivity contribution >= 4 is 11.2 Å². The van der Waals surface area contributed by atoms with Crippen LogP contribution in [0.3, 0.4) is 0 Å². The van der Waals surface area contributed by atoms with Gasteiger partial charge in [-0.05, 0) is 23.6 Å². The number of nitriles is 1. The van der Waals surface area contributed by atoms with Crippen LogP contribution < -0.4 is 0 Å². The lowest BCUT2D eigenvalue weighted by Crippen LogP contribution is -2.09. The number of hydrogen-bond acceptors (Lipinski definition) is 3. The Hall–Kier alpha value is -1.83. The Labute approximate surface area is 128 Å². The van der Waals surface area contributed by atoms with Crippen LogP contribution in [0.1, 0.15) is 31.7 Å². The van der Waals surface area contributed by atoms with E-state index in [-0.39, 0.29) is 5.92 Å².